The number of amides is 2. The van der Waals surface area contributed by atoms with E-state index in [-0.39, 0.29) is 18.4 Å². The summed E-state index contributed by atoms with van der Waals surface area (Å²) in [5.74, 6) is -1.17. The van der Waals surface area contributed by atoms with Gasteiger partial charge in [-0.3, -0.25) is 14.9 Å². The molecule has 0 saturated carbocycles. The number of nitrogens with one attached hydrogen (secondary N) is 1. The van der Waals surface area contributed by atoms with Gasteiger partial charge in [-0.1, -0.05) is 18.3 Å². The number of imide groups is 1. The van der Waals surface area contributed by atoms with Crippen LogP contribution in [0, 0.1) is 6.92 Å². The number of hydrogen-bond donors (Lipinski definition) is 1. The maximum atomic E-state index is 11.8. The largest absolute Gasteiger partial charge is 0.465 e. The summed E-state index contributed by atoms with van der Waals surface area (Å²) in [4.78, 5) is 41.2. The molecule has 1 fully saturated rings. The first kappa shape index (κ1) is 14.4. The number of ether oxygens (including phenoxy) is 1. The predicted octanol–water partition coefficient (Wildman–Crippen LogP) is 0.480. The van der Waals surface area contributed by atoms with E-state index in [1.54, 1.807) is 11.8 Å². The van der Waals surface area contributed by atoms with Crippen molar-refractivity contribution in [2.75, 3.05) is 18.6 Å². The molecule has 7 nitrogen and oxygen atoms in total. The number of thiazole rings is 1. The average molecular weight is 297 g/mol. The van der Waals surface area contributed by atoms with Crippen molar-refractivity contribution in [1.82, 2.24) is 10.3 Å². The van der Waals surface area contributed by atoms with Crippen LogP contribution in [0.5, 0.6) is 0 Å². The van der Waals surface area contributed by atoms with Crippen LogP contribution in [0.1, 0.15) is 28.7 Å². The minimum atomic E-state index is -0.466. The highest BCUT2D eigenvalue weighted by molar-refractivity contribution is 7.17. The number of nitrogens with zero attached hydrogens (tertiary/aromatic N) is 2. The lowest BCUT2D eigenvalue weighted by Crippen LogP contribution is -2.58. The van der Waals surface area contributed by atoms with Crippen LogP contribution in [0.3, 0.4) is 0 Å². The molecule has 1 aliphatic heterocycles. The number of anilines is 1. The van der Waals surface area contributed by atoms with Crippen molar-refractivity contribution < 1.29 is 19.1 Å². The van der Waals surface area contributed by atoms with Gasteiger partial charge in [0.05, 0.1) is 12.8 Å². The van der Waals surface area contributed by atoms with E-state index in [4.69, 9.17) is 0 Å². The molecule has 1 saturated heterocycles. The molecule has 1 aromatic heterocycles. The van der Waals surface area contributed by atoms with Gasteiger partial charge in [0.25, 0.3) is 0 Å². The summed E-state index contributed by atoms with van der Waals surface area (Å²) in [6, 6.07) is -0.455. The predicted molar refractivity (Wildman–Crippen MR) is 72.8 cm³/mol. The summed E-state index contributed by atoms with van der Waals surface area (Å²) in [6.45, 7) is 3.60. The fourth-order valence-electron chi connectivity index (χ4n) is 2.06. The second kappa shape index (κ2) is 5.58. The number of methoxy groups -OCH3 is 1. The zero-order chi connectivity index (χ0) is 14.9. The lowest BCUT2D eigenvalue weighted by Gasteiger charge is -2.32. The first-order valence-electron chi connectivity index (χ1n) is 6.14. The molecule has 20 heavy (non-hydrogen) atoms. The smallest absolute Gasteiger partial charge is 0.350 e. The highest BCUT2D eigenvalue weighted by Gasteiger charge is 2.34. The van der Waals surface area contributed by atoms with Gasteiger partial charge in [-0.25, -0.2) is 9.78 Å². The van der Waals surface area contributed by atoms with Gasteiger partial charge in [-0.2, -0.15) is 0 Å². The van der Waals surface area contributed by atoms with Crippen LogP contribution in [0.15, 0.2) is 0 Å². The lowest BCUT2D eigenvalue weighted by molar-refractivity contribution is -0.132. The minimum Gasteiger partial charge on any atom is -0.465 e. The van der Waals surface area contributed by atoms with Crippen molar-refractivity contribution in [2.24, 2.45) is 0 Å². The zero-order valence-electron chi connectivity index (χ0n) is 11.4. The van der Waals surface area contributed by atoms with E-state index in [1.165, 1.54) is 7.11 Å². The number of aryl methyl sites for hydroxylation is 1. The van der Waals surface area contributed by atoms with Crippen molar-refractivity contribution in [1.29, 1.82) is 0 Å². The SMILES string of the molecule is CCC1C(=O)NC(=O)CN1c1nc(C)c(C(=O)OC)s1. The van der Waals surface area contributed by atoms with Crippen LogP contribution in [0.4, 0.5) is 5.13 Å². The molecule has 0 aliphatic carbocycles. The van der Waals surface area contributed by atoms with E-state index in [0.29, 0.717) is 22.1 Å². The average Bonchev–Trinajstić information content (AvgIpc) is 2.79. The van der Waals surface area contributed by atoms with E-state index in [9.17, 15) is 14.4 Å². The van der Waals surface area contributed by atoms with Gasteiger partial charge in [-0.05, 0) is 13.3 Å². The molecule has 8 heteroatoms. The number of esters is 1. The molecule has 0 bridgehead atoms. The first-order valence-corrected chi connectivity index (χ1v) is 6.95. The van der Waals surface area contributed by atoms with Crippen molar-refractivity contribution in [2.45, 2.75) is 26.3 Å². The number of aromatic nitrogens is 1. The molecule has 0 aromatic carbocycles. The number of piperazine rings is 1. The standard InChI is InChI=1S/C12H15N3O4S/c1-4-7-10(17)14-8(16)5-15(7)12-13-6(2)9(20-12)11(18)19-3/h7H,4-5H2,1-3H3,(H,14,16,17). The Balaban J connectivity index is 2.36. The van der Waals surface area contributed by atoms with Gasteiger partial charge in [0, 0.05) is 0 Å². The van der Waals surface area contributed by atoms with Crippen LogP contribution >= 0.6 is 11.3 Å². The van der Waals surface area contributed by atoms with Crippen LogP contribution in [0.2, 0.25) is 0 Å². The van der Waals surface area contributed by atoms with Gasteiger partial charge in [0.1, 0.15) is 17.5 Å². The number of carbonyl (C=O) groups is 3. The van der Waals surface area contributed by atoms with E-state index < -0.39 is 12.0 Å². The van der Waals surface area contributed by atoms with Crippen LogP contribution in [-0.2, 0) is 14.3 Å². The van der Waals surface area contributed by atoms with Crippen LogP contribution < -0.4 is 10.2 Å². The summed E-state index contributed by atoms with van der Waals surface area (Å²) < 4.78 is 4.68. The zero-order valence-corrected chi connectivity index (χ0v) is 12.2. The van der Waals surface area contributed by atoms with E-state index in [1.807, 2.05) is 6.92 Å². The molecule has 2 amide bonds. The molecule has 2 heterocycles. The number of carbonyl (C=O) groups excluding carboxylic acids is 3. The Morgan fingerprint density at radius 1 is 1.55 bits per heavy atom. The Morgan fingerprint density at radius 2 is 2.25 bits per heavy atom. The Labute approximate surface area is 119 Å². The molecule has 1 unspecified atom stereocenters. The molecular weight excluding hydrogens is 282 g/mol. The minimum absolute atomic E-state index is 0.0534. The summed E-state index contributed by atoms with van der Waals surface area (Å²) in [5.41, 5.74) is 0.533. The Bertz CT molecular complexity index is 569. The van der Waals surface area contributed by atoms with Crippen molar-refractivity contribution in [3.63, 3.8) is 0 Å². The first-order chi connectivity index (χ1) is 9.47. The third-order valence-electron chi connectivity index (χ3n) is 3.04. The second-order valence-electron chi connectivity index (χ2n) is 4.37. The molecule has 1 aromatic rings. The second-order valence-corrected chi connectivity index (χ2v) is 5.34. The van der Waals surface area contributed by atoms with Gasteiger partial charge >= 0.3 is 5.97 Å². The van der Waals surface area contributed by atoms with Crippen molar-refractivity contribution in [3.05, 3.63) is 10.6 Å². The molecule has 108 valence electrons. The normalized spacial score (nSPS) is 18.9. The molecule has 0 spiro atoms. The highest BCUT2D eigenvalue weighted by Crippen LogP contribution is 2.29. The van der Waals surface area contributed by atoms with Crippen molar-refractivity contribution >= 4 is 34.3 Å². The third-order valence-corrected chi connectivity index (χ3v) is 4.22. The molecular formula is C12H15N3O4S. The maximum absolute atomic E-state index is 11.8. The fraction of sp³-hybridized carbons (Fsp3) is 0.500. The van der Waals surface area contributed by atoms with E-state index >= 15 is 0 Å². The Kier molecular flexibility index (Phi) is 4.03. The summed E-state index contributed by atoms with van der Waals surface area (Å²) >= 11 is 1.13. The van der Waals surface area contributed by atoms with Gasteiger partial charge in [0.15, 0.2) is 5.13 Å². The fourth-order valence-corrected chi connectivity index (χ4v) is 3.09. The quantitative estimate of drug-likeness (QED) is 0.645. The van der Waals surface area contributed by atoms with Gasteiger partial charge < -0.3 is 9.64 Å². The van der Waals surface area contributed by atoms with Gasteiger partial charge in [-0.15, -0.1) is 0 Å². The Morgan fingerprint density at radius 3 is 2.85 bits per heavy atom. The summed E-state index contributed by atoms with van der Waals surface area (Å²) in [5, 5.41) is 2.79. The molecule has 1 aliphatic rings. The molecule has 0 radical (unpaired) electrons. The summed E-state index contributed by atoms with van der Waals surface area (Å²) in [7, 11) is 1.30. The summed E-state index contributed by atoms with van der Waals surface area (Å²) in [6.07, 6.45) is 0.547. The highest BCUT2D eigenvalue weighted by atomic mass is 32.1. The van der Waals surface area contributed by atoms with E-state index in [0.717, 1.165) is 11.3 Å². The monoisotopic (exact) mass is 297 g/mol. The van der Waals surface area contributed by atoms with Gasteiger partial charge in [0.2, 0.25) is 11.8 Å². The number of hydrogen-bond acceptors (Lipinski definition) is 7. The van der Waals surface area contributed by atoms with Crippen LogP contribution in [0.25, 0.3) is 0 Å². The van der Waals surface area contributed by atoms with Crippen molar-refractivity contribution in [3.8, 4) is 0 Å². The molecule has 2 rings (SSSR count). The molecule has 1 atom stereocenters. The molecule has 1 N–H and O–H groups in total. The third kappa shape index (κ3) is 2.51. The van der Waals surface area contributed by atoms with E-state index in [2.05, 4.69) is 15.0 Å². The lowest BCUT2D eigenvalue weighted by atomic mass is 10.1. The Hall–Kier alpha value is -1.96. The number of rotatable bonds is 3. The maximum Gasteiger partial charge on any atom is 0.350 e. The topological polar surface area (TPSA) is 88.6 Å². The van der Waals surface area contributed by atoms with Crippen LogP contribution in [-0.4, -0.2) is 42.5 Å².